The first-order valence-electron chi connectivity index (χ1n) is 8.13. The molecule has 2 aromatic rings. The molecule has 0 spiro atoms. The van der Waals surface area contributed by atoms with Crippen LogP contribution in [0.1, 0.15) is 23.2 Å². The van der Waals surface area contributed by atoms with E-state index in [2.05, 4.69) is 5.32 Å². The van der Waals surface area contributed by atoms with Gasteiger partial charge in [-0.25, -0.2) is 4.79 Å². The Kier molecular flexibility index (Phi) is 5.52. The Morgan fingerprint density at radius 3 is 2.26 bits per heavy atom. The van der Waals surface area contributed by atoms with Crippen molar-refractivity contribution in [1.29, 1.82) is 0 Å². The fourth-order valence-corrected chi connectivity index (χ4v) is 2.76. The van der Waals surface area contributed by atoms with E-state index in [0.29, 0.717) is 16.4 Å². The molecule has 0 bridgehead atoms. The average Bonchev–Trinajstić information content (AvgIpc) is 3.00. The van der Waals surface area contributed by atoms with E-state index >= 15 is 0 Å². The first-order chi connectivity index (χ1) is 13.0. The fraction of sp³-hybridized carbons (Fsp3) is 0.158. The highest BCUT2D eigenvalue weighted by Crippen LogP contribution is 2.23. The molecule has 27 heavy (non-hydrogen) atoms. The Labute approximate surface area is 159 Å². The smallest absolute Gasteiger partial charge is 0.338 e. The van der Waals surface area contributed by atoms with Crippen molar-refractivity contribution in [3.05, 3.63) is 59.1 Å². The molecule has 7 nitrogen and oxygen atoms in total. The summed E-state index contributed by atoms with van der Waals surface area (Å²) in [6, 6.07) is 12.5. The van der Waals surface area contributed by atoms with Crippen molar-refractivity contribution in [2.75, 3.05) is 16.8 Å². The van der Waals surface area contributed by atoms with Gasteiger partial charge in [-0.05, 0) is 36.4 Å². The molecule has 1 aliphatic rings. The second-order valence-electron chi connectivity index (χ2n) is 5.77. The monoisotopic (exact) mass is 386 g/mol. The Hall–Kier alpha value is -3.19. The number of halogens is 1. The summed E-state index contributed by atoms with van der Waals surface area (Å²) in [5.74, 6) is -1.77. The summed E-state index contributed by atoms with van der Waals surface area (Å²) in [7, 11) is 0. The zero-order chi connectivity index (χ0) is 19.4. The number of carbonyl (C=O) groups excluding carboxylic acids is 4. The lowest BCUT2D eigenvalue weighted by atomic mass is 10.2. The van der Waals surface area contributed by atoms with E-state index < -0.39 is 18.5 Å². The van der Waals surface area contributed by atoms with Crippen molar-refractivity contribution in [1.82, 2.24) is 0 Å². The number of para-hydroxylation sites is 1. The van der Waals surface area contributed by atoms with Gasteiger partial charge in [0.05, 0.1) is 22.0 Å². The maximum atomic E-state index is 12.1. The number of rotatable bonds is 5. The van der Waals surface area contributed by atoms with Crippen LogP contribution in [0.5, 0.6) is 0 Å². The van der Waals surface area contributed by atoms with Crippen LogP contribution >= 0.6 is 11.6 Å². The highest BCUT2D eigenvalue weighted by Gasteiger charge is 2.30. The predicted octanol–water partition coefficient (Wildman–Crippen LogP) is 2.79. The number of anilines is 2. The number of nitrogens with zero attached hydrogens (tertiary/aromatic N) is 1. The van der Waals surface area contributed by atoms with Crippen LogP contribution in [-0.2, 0) is 19.1 Å². The van der Waals surface area contributed by atoms with Crippen molar-refractivity contribution >= 4 is 46.7 Å². The molecule has 0 radical (unpaired) electrons. The lowest BCUT2D eigenvalue weighted by molar-refractivity contribution is -0.121. The lowest BCUT2D eigenvalue weighted by Crippen LogP contribution is -2.28. The van der Waals surface area contributed by atoms with Crippen LogP contribution in [0, 0.1) is 0 Å². The van der Waals surface area contributed by atoms with Crippen LogP contribution in [0.2, 0.25) is 5.02 Å². The summed E-state index contributed by atoms with van der Waals surface area (Å²) < 4.78 is 4.97. The number of benzene rings is 2. The fourth-order valence-electron chi connectivity index (χ4n) is 2.57. The Bertz CT molecular complexity index is 895. The van der Waals surface area contributed by atoms with Crippen LogP contribution in [0.25, 0.3) is 0 Å². The second-order valence-corrected chi connectivity index (χ2v) is 6.18. The molecule has 1 fully saturated rings. The quantitative estimate of drug-likeness (QED) is 0.630. The van der Waals surface area contributed by atoms with E-state index in [4.69, 9.17) is 16.3 Å². The predicted molar refractivity (Wildman–Crippen MR) is 98.5 cm³/mol. The largest absolute Gasteiger partial charge is 0.452 e. The van der Waals surface area contributed by atoms with E-state index in [1.165, 1.54) is 24.3 Å². The first-order valence-corrected chi connectivity index (χ1v) is 8.51. The minimum Gasteiger partial charge on any atom is -0.452 e. The van der Waals surface area contributed by atoms with Crippen LogP contribution in [-0.4, -0.2) is 30.3 Å². The second kappa shape index (κ2) is 8.01. The molecular weight excluding hydrogens is 372 g/mol. The van der Waals surface area contributed by atoms with Gasteiger partial charge >= 0.3 is 5.97 Å². The van der Waals surface area contributed by atoms with Gasteiger partial charge in [-0.15, -0.1) is 0 Å². The van der Waals surface area contributed by atoms with Gasteiger partial charge in [0.15, 0.2) is 6.61 Å². The van der Waals surface area contributed by atoms with Crippen LogP contribution < -0.4 is 10.2 Å². The Morgan fingerprint density at radius 1 is 1.00 bits per heavy atom. The molecule has 8 heteroatoms. The number of hydrogen-bond acceptors (Lipinski definition) is 5. The van der Waals surface area contributed by atoms with Crippen LogP contribution in [0.4, 0.5) is 11.4 Å². The Morgan fingerprint density at radius 2 is 1.63 bits per heavy atom. The van der Waals surface area contributed by atoms with E-state index in [1.54, 1.807) is 24.3 Å². The van der Waals surface area contributed by atoms with Crippen molar-refractivity contribution in [3.63, 3.8) is 0 Å². The van der Waals surface area contributed by atoms with Gasteiger partial charge in [-0.1, -0.05) is 23.7 Å². The topological polar surface area (TPSA) is 92.8 Å². The molecule has 0 aromatic heterocycles. The SMILES string of the molecule is O=C(COC(=O)c1ccc(N2C(=O)CCC2=O)cc1)Nc1ccccc1Cl. The number of amides is 3. The van der Waals surface area contributed by atoms with Gasteiger partial charge in [-0.2, -0.15) is 0 Å². The number of esters is 1. The summed E-state index contributed by atoms with van der Waals surface area (Å²) in [4.78, 5) is 48.4. The van der Waals surface area contributed by atoms with Crippen LogP contribution in [0.3, 0.4) is 0 Å². The third kappa shape index (κ3) is 4.32. The number of nitrogens with one attached hydrogen (secondary N) is 1. The molecule has 1 aliphatic heterocycles. The molecule has 1 heterocycles. The van der Waals surface area contributed by atoms with Crippen molar-refractivity contribution < 1.29 is 23.9 Å². The zero-order valence-electron chi connectivity index (χ0n) is 14.1. The van der Waals surface area contributed by atoms with Gasteiger partial charge < -0.3 is 10.1 Å². The minimum atomic E-state index is -0.699. The molecule has 0 saturated carbocycles. The third-order valence-electron chi connectivity index (χ3n) is 3.90. The number of hydrogen-bond donors (Lipinski definition) is 1. The molecule has 3 amide bonds. The van der Waals surface area contributed by atoms with E-state index in [0.717, 1.165) is 4.90 Å². The highest BCUT2D eigenvalue weighted by atomic mass is 35.5. The van der Waals surface area contributed by atoms with Crippen molar-refractivity contribution in [3.8, 4) is 0 Å². The van der Waals surface area contributed by atoms with Gasteiger partial charge in [0.1, 0.15) is 0 Å². The third-order valence-corrected chi connectivity index (χ3v) is 4.22. The summed E-state index contributed by atoms with van der Waals surface area (Å²) >= 11 is 5.94. The normalized spacial score (nSPS) is 13.6. The van der Waals surface area contributed by atoms with Gasteiger partial charge in [-0.3, -0.25) is 19.3 Å². The number of ether oxygens (including phenoxy) is 1. The standard InChI is InChI=1S/C19H15ClN2O5/c20-14-3-1-2-4-15(14)21-16(23)11-27-19(26)12-5-7-13(8-6-12)22-17(24)9-10-18(22)25/h1-8H,9-11H2,(H,21,23). The molecule has 2 aromatic carbocycles. The number of imide groups is 1. The Balaban J connectivity index is 1.57. The molecule has 0 atom stereocenters. The van der Waals surface area contributed by atoms with Crippen molar-refractivity contribution in [2.24, 2.45) is 0 Å². The summed E-state index contributed by atoms with van der Waals surface area (Å²) in [6.07, 6.45) is 0.367. The number of carbonyl (C=O) groups is 4. The van der Waals surface area contributed by atoms with E-state index in [-0.39, 0.29) is 30.2 Å². The minimum absolute atomic E-state index is 0.184. The maximum Gasteiger partial charge on any atom is 0.338 e. The molecule has 138 valence electrons. The molecule has 3 rings (SSSR count). The summed E-state index contributed by atoms with van der Waals surface area (Å²) in [5.41, 5.74) is 1.02. The molecule has 1 N–H and O–H groups in total. The summed E-state index contributed by atoms with van der Waals surface area (Å²) in [5, 5.41) is 2.92. The average molecular weight is 387 g/mol. The molecule has 1 saturated heterocycles. The van der Waals surface area contributed by atoms with Gasteiger partial charge in [0.25, 0.3) is 5.91 Å². The first kappa shape index (κ1) is 18.6. The lowest BCUT2D eigenvalue weighted by Gasteiger charge is -2.14. The molecule has 0 aliphatic carbocycles. The van der Waals surface area contributed by atoms with E-state index in [1.807, 2.05) is 0 Å². The van der Waals surface area contributed by atoms with Gasteiger partial charge in [0, 0.05) is 12.8 Å². The summed E-state index contributed by atoms with van der Waals surface area (Å²) in [6.45, 7) is -0.477. The highest BCUT2D eigenvalue weighted by molar-refractivity contribution is 6.33. The maximum absolute atomic E-state index is 12.1. The molecular formula is C19H15ClN2O5. The zero-order valence-corrected chi connectivity index (χ0v) is 14.9. The van der Waals surface area contributed by atoms with Gasteiger partial charge in [0.2, 0.25) is 11.8 Å². The van der Waals surface area contributed by atoms with E-state index in [9.17, 15) is 19.2 Å². The molecule has 0 unspecified atom stereocenters. The van der Waals surface area contributed by atoms with Crippen LogP contribution in [0.15, 0.2) is 48.5 Å². The van der Waals surface area contributed by atoms with Crippen molar-refractivity contribution in [2.45, 2.75) is 12.8 Å².